The summed E-state index contributed by atoms with van der Waals surface area (Å²) in [6.07, 6.45) is 4.14. The number of nitrogens with one attached hydrogen (secondary N) is 1. The van der Waals surface area contributed by atoms with Gasteiger partial charge in [-0.1, -0.05) is 0 Å². The molecule has 4 heterocycles. The summed E-state index contributed by atoms with van der Waals surface area (Å²) in [5.74, 6) is 0.684. The number of piperidine rings is 1. The molecule has 2 aromatic heterocycles. The second-order valence-electron chi connectivity index (χ2n) is 6.01. The first kappa shape index (κ1) is 13.5. The first-order chi connectivity index (χ1) is 10.2. The lowest BCUT2D eigenvalue weighted by molar-refractivity contribution is 0.0904. The SMILES string of the molecule is O=C(N[C@@H]1C[C@H]2CCN(C2)C1)c1cc2c(S)csc2cn1. The third-order valence-corrected chi connectivity index (χ3v) is 5.95. The van der Waals surface area contributed by atoms with Crippen LogP contribution in [0, 0.1) is 5.92 Å². The van der Waals surface area contributed by atoms with Gasteiger partial charge in [0.15, 0.2) is 0 Å². The summed E-state index contributed by atoms with van der Waals surface area (Å²) in [6, 6.07) is 2.11. The van der Waals surface area contributed by atoms with Crippen LogP contribution >= 0.6 is 24.0 Å². The number of hydrogen-bond donors (Lipinski definition) is 2. The van der Waals surface area contributed by atoms with Crippen LogP contribution in [0.1, 0.15) is 23.3 Å². The number of pyridine rings is 1. The Kier molecular flexibility index (Phi) is 3.40. The van der Waals surface area contributed by atoms with Crippen LogP contribution in [0.4, 0.5) is 0 Å². The van der Waals surface area contributed by atoms with Gasteiger partial charge in [-0.2, -0.15) is 0 Å². The zero-order valence-corrected chi connectivity index (χ0v) is 13.3. The second kappa shape index (κ2) is 5.26. The van der Waals surface area contributed by atoms with Crippen LogP contribution in [0.15, 0.2) is 22.5 Å². The van der Waals surface area contributed by atoms with Crippen molar-refractivity contribution in [3.05, 3.63) is 23.3 Å². The molecule has 4 nitrogen and oxygen atoms in total. The number of thiol groups is 1. The van der Waals surface area contributed by atoms with E-state index in [-0.39, 0.29) is 11.9 Å². The summed E-state index contributed by atoms with van der Waals surface area (Å²) in [4.78, 5) is 20.1. The number of amides is 1. The van der Waals surface area contributed by atoms with Crippen LogP contribution in [0.25, 0.3) is 10.1 Å². The maximum Gasteiger partial charge on any atom is 0.270 e. The molecule has 3 atom stereocenters. The van der Waals surface area contributed by atoms with E-state index in [0.717, 1.165) is 33.9 Å². The zero-order chi connectivity index (χ0) is 14.4. The summed E-state index contributed by atoms with van der Waals surface area (Å²) in [7, 11) is 0. The van der Waals surface area contributed by atoms with E-state index in [1.54, 1.807) is 17.5 Å². The lowest BCUT2D eigenvalue weighted by atomic mass is 9.97. The van der Waals surface area contributed by atoms with E-state index in [1.165, 1.54) is 19.5 Å². The van der Waals surface area contributed by atoms with Gasteiger partial charge in [0.2, 0.25) is 0 Å². The smallest absolute Gasteiger partial charge is 0.270 e. The van der Waals surface area contributed by atoms with Gasteiger partial charge in [0.05, 0.1) is 4.70 Å². The molecule has 0 spiro atoms. The van der Waals surface area contributed by atoms with E-state index in [4.69, 9.17) is 0 Å². The number of carbonyl (C=O) groups is 1. The first-order valence-electron chi connectivity index (χ1n) is 7.28. The fourth-order valence-electron chi connectivity index (χ4n) is 3.47. The number of aromatic nitrogens is 1. The molecule has 0 aliphatic carbocycles. The van der Waals surface area contributed by atoms with Gasteiger partial charge in [-0.15, -0.1) is 24.0 Å². The molecule has 2 aliphatic heterocycles. The quantitative estimate of drug-likeness (QED) is 0.836. The first-order valence-corrected chi connectivity index (χ1v) is 8.61. The maximum atomic E-state index is 12.4. The zero-order valence-electron chi connectivity index (χ0n) is 11.6. The van der Waals surface area contributed by atoms with E-state index >= 15 is 0 Å². The third-order valence-electron chi connectivity index (χ3n) is 4.48. The number of thiophene rings is 1. The van der Waals surface area contributed by atoms with Gasteiger partial charge in [0.1, 0.15) is 5.69 Å². The van der Waals surface area contributed by atoms with Crippen LogP contribution < -0.4 is 5.32 Å². The van der Waals surface area contributed by atoms with Crippen LogP contribution in [0.3, 0.4) is 0 Å². The highest BCUT2D eigenvalue weighted by Crippen LogP contribution is 2.29. The van der Waals surface area contributed by atoms with Crippen molar-refractivity contribution in [3.63, 3.8) is 0 Å². The van der Waals surface area contributed by atoms with E-state index in [1.807, 2.05) is 11.4 Å². The number of fused-ring (bicyclic) bond motifs is 3. The maximum absolute atomic E-state index is 12.4. The molecule has 1 unspecified atom stereocenters. The topological polar surface area (TPSA) is 45.2 Å². The second-order valence-corrected chi connectivity index (χ2v) is 7.40. The number of carbonyl (C=O) groups excluding carboxylic acids is 1. The van der Waals surface area contributed by atoms with E-state index in [9.17, 15) is 4.79 Å². The molecule has 2 aliphatic rings. The number of rotatable bonds is 2. The van der Waals surface area contributed by atoms with Crippen molar-refractivity contribution in [2.24, 2.45) is 5.92 Å². The van der Waals surface area contributed by atoms with Crippen LogP contribution in [-0.2, 0) is 0 Å². The Morgan fingerprint density at radius 1 is 1.48 bits per heavy atom. The van der Waals surface area contributed by atoms with E-state index in [2.05, 4.69) is 27.8 Å². The van der Waals surface area contributed by atoms with Crippen LogP contribution in [0.5, 0.6) is 0 Å². The van der Waals surface area contributed by atoms with Crippen molar-refractivity contribution in [1.29, 1.82) is 0 Å². The van der Waals surface area contributed by atoms with Crippen molar-refractivity contribution in [1.82, 2.24) is 15.2 Å². The average molecular weight is 319 g/mol. The predicted molar refractivity (Wildman–Crippen MR) is 87.3 cm³/mol. The molecule has 2 fully saturated rings. The van der Waals surface area contributed by atoms with Crippen molar-refractivity contribution in [3.8, 4) is 0 Å². The normalized spacial score (nSPS) is 28.0. The van der Waals surface area contributed by atoms with Crippen LogP contribution in [0.2, 0.25) is 0 Å². The molecule has 6 heteroatoms. The summed E-state index contributed by atoms with van der Waals surface area (Å²) in [5, 5.41) is 6.13. The van der Waals surface area contributed by atoms with Crippen molar-refractivity contribution >= 4 is 40.0 Å². The highest BCUT2D eigenvalue weighted by atomic mass is 32.1. The van der Waals surface area contributed by atoms with Crippen molar-refractivity contribution < 1.29 is 4.79 Å². The molecule has 110 valence electrons. The molecule has 0 aromatic carbocycles. The largest absolute Gasteiger partial charge is 0.347 e. The minimum absolute atomic E-state index is 0.0664. The molecule has 4 rings (SSSR count). The fraction of sp³-hybridized carbons (Fsp3) is 0.467. The molecule has 2 saturated heterocycles. The fourth-order valence-corrected chi connectivity index (χ4v) is 4.66. The van der Waals surface area contributed by atoms with E-state index in [0.29, 0.717) is 5.69 Å². The van der Waals surface area contributed by atoms with Gasteiger partial charge in [0.25, 0.3) is 5.91 Å². The Morgan fingerprint density at radius 3 is 3.24 bits per heavy atom. The highest BCUT2D eigenvalue weighted by Gasteiger charge is 2.33. The Bertz CT molecular complexity index is 687. The molecule has 2 bridgehead atoms. The molecule has 1 amide bonds. The molecule has 0 saturated carbocycles. The molecular formula is C15H17N3OS2. The Labute approximate surface area is 133 Å². The Morgan fingerprint density at radius 2 is 2.38 bits per heavy atom. The van der Waals surface area contributed by atoms with Gasteiger partial charge in [-0.05, 0) is 31.4 Å². The van der Waals surface area contributed by atoms with Gasteiger partial charge in [0, 0.05) is 41.0 Å². The number of hydrogen-bond acceptors (Lipinski definition) is 5. The molecular weight excluding hydrogens is 302 g/mol. The van der Waals surface area contributed by atoms with Crippen molar-refractivity contribution in [2.75, 3.05) is 19.6 Å². The molecule has 2 aromatic rings. The molecule has 0 radical (unpaired) electrons. The molecule has 1 N–H and O–H groups in total. The molecule has 21 heavy (non-hydrogen) atoms. The third kappa shape index (κ3) is 2.56. The average Bonchev–Trinajstić information content (AvgIpc) is 3.02. The van der Waals surface area contributed by atoms with E-state index < -0.39 is 0 Å². The summed E-state index contributed by atoms with van der Waals surface area (Å²) in [5.41, 5.74) is 0.490. The standard InChI is InChI=1S/C15H17N3OS2/c19-15(17-10-3-9-1-2-18(6-9)7-10)12-4-11-13(20)8-21-14(11)5-16-12/h4-5,8-10,20H,1-3,6-7H2,(H,17,19)/t9-,10-/m1/s1. The van der Waals surface area contributed by atoms with Crippen LogP contribution in [-0.4, -0.2) is 41.5 Å². The summed E-state index contributed by atoms with van der Waals surface area (Å²) >= 11 is 6.03. The van der Waals surface area contributed by atoms with Gasteiger partial charge in [-0.25, -0.2) is 4.98 Å². The summed E-state index contributed by atoms with van der Waals surface area (Å²) < 4.78 is 1.07. The van der Waals surface area contributed by atoms with Crippen molar-refractivity contribution in [2.45, 2.75) is 23.8 Å². The van der Waals surface area contributed by atoms with Gasteiger partial charge < -0.3 is 10.2 Å². The van der Waals surface area contributed by atoms with Gasteiger partial charge >= 0.3 is 0 Å². The Balaban J connectivity index is 1.52. The highest BCUT2D eigenvalue weighted by molar-refractivity contribution is 7.80. The van der Waals surface area contributed by atoms with Gasteiger partial charge in [-0.3, -0.25) is 4.79 Å². The predicted octanol–water partition coefficient (Wildman–Crippen LogP) is 2.41. The monoisotopic (exact) mass is 319 g/mol. The lowest BCUT2D eigenvalue weighted by Gasteiger charge is -2.30. The minimum atomic E-state index is -0.0664. The number of nitrogens with zero attached hydrogens (tertiary/aromatic N) is 2. The lowest BCUT2D eigenvalue weighted by Crippen LogP contribution is -2.47. The minimum Gasteiger partial charge on any atom is -0.347 e. The Hall–Kier alpha value is -1.11. The summed E-state index contributed by atoms with van der Waals surface area (Å²) in [6.45, 7) is 3.36.